The molecule has 0 bridgehead atoms. The predicted molar refractivity (Wildman–Crippen MR) is 72.6 cm³/mol. The summed E-state index contributed by atoms with van der Waals surface area (Å²) >= 11 is 1.29. The largest absolute Gasteiger partial charge is 0.478 e. The van der Waals surface area contributed by atoms with Crippen LogP contribution in [0.4, 0.5) is 0 Å². The van der Waals surface area contributed by atoms with E-state index in [1.54, 1.807) is 5.38 Å². The van der Waals surface area contributed by atoms with Crippen molar-refractivity contribution in [1.29, 1.82) is 0 Å². The van der Waals surface area contributed by atoms with Crippen LogP contribution in [0.2, 0.25) is 0 Å². The number of nitrogens with zero attached hydrogens (tertiary/aromatic N) is 2. The second kappa shape index (κ2) is 4.64. The molecule has 21 heavy (non-hydrogen) atoms. The van der Waals surface area contributed by atoms with Crippen molar-refractivity contribution < 1.29 is 23.1 Å². The molecule has 0 atom stereocenters. The maximum absolute atomic E-state index is 12.4. The molecule has 1 aliphatic heterocycles. The van der Waals surface area contributed by atoms with Gasteiger partial charge in [-0.2, -0.15) is 0 Å². The Morgan fingerprint density at radius 2 is 2.14 bits per heavy atom. The Bertz CT molecular complexity index is 843. The molecule has 9 heteroatoms. The fourth-order valence-corrected chi connectivity index (χ4v) is 4.14. The third-order valence-corrected chi connectivity index (χ3v) is 5.45. The van der Waals surface area contributed by atoms with Crippen molar-refractivity contribution in [3.63, 3.8) is 0 Å². The van der Waals surface area contributed by atoms with E-state index in [-0.39, 0.29) is 22.6 Å². The molecule has 1 aromatic carbocycles. The second-order valence-electron chi connectivity index (χ2n) is 4.31. The summed E-state index contributed by atoms with van der Waals surface area (Å²) in [6.07, 6.45) is 0. The van der Waals surface area contributed by atoms with Crippen LogP contribution >= 0.6 is 11.3 Å². The summed E-state index contributed by atoms with van der Waals surface area (Å²) < 4.78 is 25.5. The van der Waals surface area contributed by atoms with Gasteiger partial charge >= 0.3 is 5.97 Å². The molecule has 0 radical (unpaired) electrons. The van der Waals surface area contributed by atoms with E-state index < -0.39 is 21.9 Å². The van der Waals surface area contributed by atoms with Gasteiger partial charge in [0, 0.05) is 5.38 Å². The van der Waals surface area contributed by atoms with Crippen molar-refractivity contribution in [2.45, 2.75) is 11.4 Å². The van der Waals surface area contributed by atoms with Crippen LogP contribution in [-0.4, -0.2) is 34.7 Å². The van der Waals surface area contributed by atoms with Gasteiger partial charge in [0.1, 0.15) is 4.90 Å². The monoisotopic (exact) mass is 324 g/mol. The van der Waals surface area contributed by atoms with Crippen molar-refractivity contribution in [2.75, 3.05) is 0 Å². The Balaban J connectivity index is 2.08. The number of benzene rings is 1. The Labute approximate surface area is 123 Å². The minimum Gasteiger partial charge on any atom is -0.478 e. The number of thiazole rings is 1. The van der Waals surface area contributed by atoms with Gasteiger partial charge in [-0.3, -0.25) is 4.79 Å². The molecule has 1 N–H and O–H groups in total. The molecule has 0 unspecified atom stereocenters. The molecular formula is C12H8N2O5S2. The quantitative estimate of drug-likeness (QED) is 0.909. The molecule has 0 aliphatic carbocycles. The van der Waals surface area contributed by atoms with Gasteiger partial charge in [-0.25, -0.2) is 22.5 Å². The Kier molecular flexibility index (Phi) is 3.03. The molecule has 0 fully saturated rings. The zero-order valence-corrected chi connectivity index (χ0v) is 12.0. The first-order valence-corrected chi connectivity index (χ1v) is 8.11. The smallest absolute Gasteiger partial charge is 0.335 e. The molecule has 7 nitrogen and oxygen atoms in total. The van der Waals surface area contributed by atoms with E-state index in [4.69, 9.17) is 5.11 Å². The van der Waals surface area contributed by atoms with E-state index >= 15 is 0 Å². The number of rotatable bonds is 3. The topological polar surface area (TPSA) is 105 Å². The molecule has 1 amide bonds. The molecule has 2 aromatic rings. The number of aromatic carboxylic acids is 1. The van der Waals surface area contributed by atoms with Gasteiger partial charge in [0.05, 0.1) is 28.9 Å². The maximum Gasteiger partial charge on any atom is 0.335 e. The van der Waals surface area contributed by atoms with Crippen molar-refractivity contribution >= 4 is 33.2 Å². The van der Waals surface area contributed by atoms with E-state index in [0.29, 0.717) is 10.00 Å². The fraction of sp³-hybridized carbons (Fsp3) is 0.0833. The summed E-state index contributed by atoms with van der Waals surface area (Å²) in [7, 11) is -4.04. The lowest BCUT2D eigenvalue weighted by Crippen LogP contribution is -2.29. The highest BCUT2D eigenvalue weighted by Gasteiger charge is 2.41. The van der Waals surface area contributed by atoms with Crippen molar-refractivity contribution in [2.24, 2.45) is 0 Å². The SMILES string of the molecule is O=C(O)c1ccc2c(c1)S(=O)(=O)N(Cc1cscn1)C2=O. The lowest BCUT2D eigenvalue weighted by atomic mass is 10.1. The average Bonchev–Trinajstić information content (AvgIpc) is 3.01. The normalized spacial score (nSPS) is 16.0. The highest BCUT2D eigenvalue weighted by molar-refractivity contribution is 7.90. The van der Waals surface area contributed by atoms with Gasteiger partial charge in [-0.1, -0.05) is 0 Å². The number of carboxylic acids is 1. The Hall–Kier alpha value is -2.26. The van der Waals surface area contributed by atoms with Crippen LogP contribution in [0, 0.1) is 0 Å². The standard InChI is InChI=1S/C12H8N2O5S2/c15-11-9-2-1-7(12(16)17)3-10(9)21(18,19)14(11)4-8-5-20-6-13-8/h1-3,5-6H,4H2,(H,16,17). The van der Waals surface area contributed by atoms with E-state index in [1.807, 2.05) is 0 Å². The number of aromatic nitrogens is 1. The van der Waals surface area contributed by atoms with E-state index in [9.17, 15) is 18.0 Å². The first-order chi connectivity index (χ1) is 9.91. The molecule has 0 saturated carbocycles. The van der Waals surface area contributed by atoms with Crippen LogP contribution in [-0.2, 0) is 16.6 Å². The number of hydrogen-bond donors (Lipinski definition) is 1. The van der Waals surface area contributed by atoms with Crippen LogP contribution in [0.5, 0.6) is 0 Å². The van der Waals surface area contributed by atoms with Crippen LogP contribution in [0.25, 0.3) is 0 Å². The van der Waals surface area contributed by atoms with Crippen LogP contribution in [0.1, 0.15) is 26.4 Å². The van der Waals surface area contributed by atoms with Gasteiger partial charge in [-0.05, 0) is 18.2 Å². The predicted octanol–water partition coefficient (Wildman–Crippen LogP) is 1.19. The number of amides is 1. The number of carbonyl (C=O) groups excluding carboxylic acids is 1. The zero-order chi connectivity index (χ0) is 15.2. The van der Waals surface area contributed by atoms with Crippen molar-refractivity contribution in [1.82, 2.24) is 9.29 Å². The van der Waals surface area contributed by atoms with Crippen LogP contribution in [0.3, 0.4) is 0 Å². The summed E-state index contributed by atoms with van der Waals surface area (Å²) in [5.41, 5.74) is 1.80. The minimum absolute atomic E-state index is 0.0183. The van der Waals surface area contributed by atoms with Gasteiger partial charge in [0.25, 0.3) is 15.9 Å². The third kappa shape index (κ3) is 2.10. The maximum atomic E-state index is 12.4. The first-order valence-electron chi connectivity index (χ1n) is 5.73. The molecule has 108 valence electrons. The number of sulfonamides is 1. The highest BCUT2D eigenvalue weighted by atomic mass is 32.2. The molecule has 0 spiro atoms. The van der Waals surface area contributed by atoms with Crippen LogP contribution < -0.4 is 0 Å². The van der Waals surface area contributed by atoms with Gasteiger partial charge in [-0.15, -0.1) is 11.3 Å². The zero-order valence-electron chi connectivity index (χ0n) is 10.4. The van der Waals surface area contributed by atoms with E-state index in [0.717, 1.165) is 6.07 Å². The summed E-state index contributed by atoms with van der Waals surface area (Å²) in [5.74, 6) is -1.92. The molecule has 1 aromatic heterocycles. The molecule has 3 rings (SSSR count). The van der Waals surface area contributed by atoms with Crippen LogP contribution in [0.15, 0.2) is 34.0 Å². The Morgan fingerprint density at radius 3 is 2.76 bits per heavy atom. The minimum atomic E-state index is -4.04. The van der Waals surface area contributed by atoms with Crippen molar-refractivity contribution in [3.05, 3.63) is 45.9 Å². The summed E-state index contributed by atoms with van der Waals surface area (Å²) in [4.78, 5) is 26.8. The van der Waals surface area contributed by atoms with E-state index in [2.05, 4.69) is 4.98 Å². The number of carbonyl (C=O) groups is 2. The summed E-state index contributed by atoms with van der Waals surface area (Å²) in [6, 6.07) is 3.44. The average molecular weight is 324 g/mol. The lowest BCUT2D eigenvalue weighted by molar-refractivity contribution is 0.0695. The van der Waals surface area contributed by atoms with Gasteiger partial charge in [0.15, 0.2) is 0 Å². The second-order valence-corrected chi connectivity index (χ2v) is 6.86. The third-order valence-electron chi connectivity index (χ3n) is 3.04. The summed E-state index contributed by atoms with van der Waals surface area (Å²) in [6.45, 7) is -0.165. The Morgan fingerprint density at radius 1 is 1.38 bits per heavy atom. The molecule has 0 saturated heterocycles. The van der Waals surface area contributed by atoms with Gasteiger partial charge < -0.3 is 5.11 Å². The number of carboxylic acid groups (broad SMARTS) is 1. The van der Waals surface area contributed by atoms with Gasteiger partial charge in [0.2, 0.25) is 0 Å². The van der Waals surface area contributed by atoms with Crippen molar-refractivity contribution in [3.8, 4) is 0 Å². The van der Waals surface area contributed by atoms with E-state index in [1.165, 1.54) is 29.0 Å². The summed E-state index contributed by atoms with van der Waals surface area (Å²) in [5, 5.41) is 10.6. The molecular weight excluding hydrogens is 316 g/mol. The lowest BCUT2D eigenvalue weighted by Gasteiger charge is -2.13. The fourth-order valence-electron chi connectivity index (χ4n) is 2.03. The number of fused-ring (bicyclic) bond motifs is 1. The highest BCUT2D eigenvalue weighted by Crippen LogP contribution is 2.32. The first kappa shape index (κ1) is 13.7. The molecule has 2 heterocycles. The number of hydrogen-bond acceptors (Lipinski definition) is 6. The molecule has 1 aliphatic rings.